The normalized spacial score (nSPS) is 13.5. The number of benzene rings is 1. The largest absolute Gasteiger partial charge is 0.327 e. The molecule has 2 rings (SSSR count). The first-order valence-corrected chi connectivity index (χ1v) is 7.20. The summed E-state index contributed by atoms with van der Waals surface area (Å²) in [5.74, 6) is -0.219. The fraction of sp³-hybridized carbons (Fsp3) is 0.400. The van der Waals surface area contributed by atoms with E-state index in [-0.39, 0.29) is 17.3 Å². The lowest BCUT2D eigenvalue weighted by Gasteiger charge is -2.32. The van der Waals surface area contributed by atoms with E-state index >= 15 is 0 Å². The van der Waals surface area contributed by atoms with Crippen molar-refractivity contribution in [2.24, 2.45) is 5.73 Å². The van der Waals surface area contributed by atoms with Crippen molar-refractivity contribution < 1.29 is 4.39 Å². The van der Waals surface area contributed by atoms with Gasteiger partial charge < -0.3 is 5.73 Å². The van der Waals surface area contributed by atoms with Gasteiger partial charge in [0.05, 0.1) is 10.7 Å². The van der Waals surface area contributed by atoms with Gasteiger partial charge in [-0.2, -0.15) is 0 Å². The molecule has 1 heterocycles. The summed E-state index contributed by atoms with van der Waals surface area (Å²) in [6.45, 7) is 6.17. The molecule has 0 spiro atoms. The molecule has 0 aliphatic carbocycles. The summed E-state index contributed by atoms with van der Waals surface area (Å²) in [6, 6.07) is 6.52. The number of hydrogen-bond donors (Lipinski definition) is 1. The number of halogens is 1. The molecule has 2 N–H and O–H groups in total. The Morgan fingerprint density at radius 3 is 2.47 bits per heavy atom. The molecule has 2 aromatic rings. The quantitative estimate of drug-likeness (QED) is 0.930. The van der Waals surface area contributed by atoms with Gasteiger partial charge in [-0.1, -0.05) is 26.0 Å². The van der Waals surface area contributed by atoms with Crippen LogP contribution in [0.1, 0.15) is 30.1 Å². The Morgan fingerprint density at radius 2 is 1.95 bits per heavy atom. The maximum Gasteiger partial charge on any atom is 0.123 e. The molecule has 0 aliphatic rings. The second-order valence-electron chi connectivity index (χ2n) is 5.40. The van der Waals surface area contributed by atoms with Gasteiger partial charge in [0.25, 0.3) is 0 Å². The monoisotopic (exact) mass is 278 g/mol. The van der Waals surface area contributed by atoms with E-state index in [0.717, 1.165) is 22.7 Å². The van der Waals surface area contributed by atoms with Gasteiger partial charge in [-0.05, 0) is 24.6 Å². The van der Waals surface area contributed by atoms with E-state index in [1.807, 2.05) is 19.1 Å². The Labute approximate surface area is 117 Å². The van der Waals surface area contributed by atoms with Gasteiger partial charge in [0.2, 0.25) is 0 Å². The van der Waals surface area contributed by atoms with Crippen LogP contribution in [0.4, 0.5) is 4.39 Å². The number of aromatic nitrogens is 1. The van der Waals surface area contributed by atoms with Gasteiger partial charge in [-0.25, -0.2) is 9.37 Å². The Balaban J connectivity index is 2.16. The molecule has 2 nitrogen and oxygen atoms in total. The van der Waals surface area contributed by atoms with E-state index in [4.69, 9.17) is 5.73 Å². The summed E-state index contributed by atoms with van der Waals surface area (Å²) in [5.41, 5.74) is 8.20. The summed E-state index contributed by atoms with van der Waals surface area (Å²) < 4.78 is 13.0. The maximum atomic E-state index is 13.0. The second kappa shape index (κ2) is 5.39. The van der Waals surface area contributed by atoms with Crippen molar-refractivity contribution >= 4 is 11.3 Å². The minimum atomic E-state index is -0.219. The summed E-state index contributed by atoms with van der Waals surface area (Å²) >= 11 is 1.64. The highest BCUT2D eigenvalue weighted by molar-refractivity contribution is 7.09. The van der Waals surface area contributed by atoms with E-state index in [1.165, 1.54) is 12.1 Å². The van der Waals surface area contributed by atoms with Gasteiger partial charge in [0.15, 0.2) is 0 Å². The maximum absolute atomic E-state index is 13.0. The third-order valence-corrected chi connectivity index (χ3v) is 4.43. The van der Waals surface area contributed by atoms with Crippen molar-refractivity contribution in [2.45, 2.75) is 38.6 Å². The molecule has 0 amide bonds. The molecule has 0 saturated heterocycles. The Hall–Kier alpha value is -1.26. The first-order valence-electron chi connectivity index (χ1n) is 6.32. The third-order valence-electron chi connectivity index (χ3n) is 3.61. The number of rotatable bonds is 4. The molecule has 0 bridgehead atoms. The number of nitrogens with zero attached hydrogens (tertiary/aromatic N) is 1. The summed E-state index contributed by atoms with van der Waals surface area (Å²) in [7, 11) is 0. The number of aryl methyl sites for hydroxylation is 1. The average Bonchev–Trinajstić information content (AvgIpc) is 2.75. The molecule has 1 aromatic heterocycles. The van der Waals surface area contributed by atoms with Crippen molar-refractivity contribution in [3.63, 3.8) is 0 Å². The zero-order chi connectivity index (χ0) is 14.0. The lowest BCUT2D eigenvalue weighted by molar-refractivity contribution is 0.403. The average molecular weight is 278 g/mol. The summed E-state index contributed by atoms with van der Waals surface area (Å²) in [4.78, 5) is 4.45. The van der Waals surface area contributed by atoms with E-state index in [2.05, 4.69) is 24.2 Å². The highest BCUT2D eigenvalue weighted by Crippen LogP contribution is 2.28. The van der Waals surface area contributed by atoms with Crippen molar-refractivity contribution in [3.8, 4) is 0 Å². The van der Waals surface area contributed by atoms with Crippen LogP contribution in [-0.2, 0) is 11.8 Å². The molecule has 0 saturated carbocycles. The number of hydrogen-bond acceptors (Lipinski definition) is 3. The molecular weight excluding hydrogens is 259 g/mol. The van der Waals surface area contributed by atoms with Crippen LogP contribution in [0.3, 0.4) is 0 Å². The van der Waals surface area contributed by atoms with Gasteiger partial charge in [-0.3, -0.25) is 0 Å². The molecule has 102 valence electrons. The fourth-order valence-electron chi connectivity index (χ4n) is 2.08. The van der Waals surface area contributed by atoms with Crippen molar-refractivity contribution in [1.29, 1.82) is 0 Å². The van der Waals surface area contributed by atoms with Crippen molar-refractivity contribution in [1.82, 2.24) is 4.98 Å². The van der Waals surface area contributed by atoms with Crippen LogP contribution in [0.15, 0.2) is 29.6 Å². The molecule has 1 unspecified atom stereocenters. The standard InChI is InChI=1S/C15H19FN2S/c1-10-18-13(9-19-10)8-14(17)15(2,3)11-4-6-12(16)7-5-11/h4-7,9,14H,8,17H2,1-3H3. The predicted molar refractivity (Wildman–Crippen MR) is 78.0 cm³/mol. The van der Waals surface area contributed by atoms with Gasteiger partial charge in [-0.15, -0.1) is 11.3 Å². The van der Waals surface area contributed by atoms with Crippen LogP contribution in [0.25, 0.3) is 0 Å². The predicted octanol–water partition coefficient (Wildman–Crippen LogP) is 3.44. The minimum Gasteiger partial charge on any atom is -0.327 e. The SMILES string of the molecule is Cc1nc(CC(N)C(C)(C)c2ccc(F)cc2)cs1. The zero-order valence-corrected chi connectivity index (χ0v) is 12.3. The molecule has 0 fully saturated rings. The van der Waals surface area contributed by atoms with Gasteiger partial charge >= 0.3 is 0 Å². The molecule has 1 aromatic carbocycles. The number of nitrogens with two attached hydrogens (primary N) is 1. The Kier molecular flexibility index (Phi) is 4.02. The highest BCUT2D eigenvalue weighted by Gasteiger charge is 2.29. The molecule has 0 radical (unpaired) electrons. The third kappa shape index (κ3) is 3.19. The summed E-state index contributed by atoms with van der Waals surface area (Å²) in [5, 5.41) is 3.11. The van der Waals surface area contributed by atoms with Crippen LogP contribution >= 0.6 is 11.3 Å². The second-order valence-corrected chi connectivity index (χ2v) is 6.46. The Morgan fingerprint density at radius 1 is 1.32 bits per heavy atom. The lowest BCUT2D eigenvalue weighted by atomic mass is 9.76. The van der Waals surface area contributed by atoms with Crippen molar-refractivity contribution in [3.05, 3.63) is 51.7 Å². The van der Waals surface area contributed by atoms with E-state index in [9.17, 15) is 4.39 Å². The van der Waals surface area contributed by atoms with Crippen LogP contribution in [-0.4, -0.2) is 11.0 Å². The van der Waals surface area contributed by atoms with Crippen molar-refractivity contribution in [2.75, 3.05) is 0 Å². The van der Waals surface area contributed by atoms with Crippen LogP contribution in [0, 0.1) is 12.7 Å². The lowest BCUT2D eigenvalue weighted by Crippen LogP contribution is -2.42. The Bertz CT molecular complexity index is 546. The van der Waals surface area contributed by atoms with Crippen LogP contribution < -0.4 is 5.73 Å². The van der Waals surface area contributed by atoms with Gasteiger partial charge in [0, 0.05) is 23.3 Å². The topological polar surface area (TPSA) is 38.9 Å². The molecule has 4 heteroatoms. The highest BCUT2D eigenvalue weighted by atomic mass is 32.1. The zero-order valence-electron chi connectivity index (χ0n) is 11.5. The minimum absolute atomic E-state index is 0.0561. The van der Waals surface area contributed by atoms with Crippen LogP contribution in [0.2, 0.25) is 0 Å². The van der Waals surface area contributed by atoms with Crippen LogP contribution in [0.5, 0.6) is 0 Å². The first kappa shape index (κ1) is 14.2. The molecule has 19 heavy (non-hydrogen) atoms. The fourth-order valence-corrected chi connectivity index (χ4v) is 2.70. The van der Waals surface area contributed by atoms with E-state index in [0.29, 0.717) is 0 Å². The smallest absolute Gasteiger partial charge is 0.123 e. The van der Waals surface area contributed by atoms with E-state index in [1.54, 1.807) is 11.3 Å². The molecule has 0 aliphatic heterocycles. The first-order chi connectivity index (χ1) is 8.89. The molecular formula is C15H19FN2S. The summed E-state index contributed by atoms with van der Waals surface area (Å²) in [6.07, 6.45) is 0.731. The van der Waals surface area contributed by atoms with Gasteiger partial charge in [0.1, 0.15) is 5.82 Å². The van der Waals surface area contributed by atoms with E-state index < -0.39 is 0 Å². The number of thiazole rings is 1. The molecule has 1 atom stereocenters.